The molecule has 1 aliphatic rings. The van der Waals surface area contributed by atoms with Crippen molar-refractivity contribution in [3.63, 3.8) is 0 Å². The fourth-order valence-electron chi connectivity index (χ4n) is 3.41. The van der Waals surface area contributed by atoms with Crippen LogP contribution in [0.5, 0.6) is 11.5 Å². The zero-order chi connectivity index (χ0) is 20.6. The zero-order valence-electron chi connectivity index (χ0n) is 17.0. The van der Waals surface area contributed by atoms with Crippen LogP contribution in [-0.4, -0.2) is 43.0 Å². The Kier molecular flexibility index (Phi) is 7.25. The van der Waals surface area contributed by atoms with Crippen molar-refractivity contribution in [2.75, 3.05) is 31.6 Å². The molecule has 0 spiro atoms. The van der Waals surface area contributed by atoms with Crippen LogP contribution in [0.1, 0.15) is 25.3 Å². The molecular weight excluding hydrogens is 368 g/mol. The third-order valence-electron chi connectivity index (χ3n) is 4.94. The van der Waals surface area contributed by atoms with Crippen LogP contribution in [0.3, 0.4) is 0 Å². The van der Waals surface area contributed by atoms with E-state index in [1.54, 1.807) is 0 Å². The van der Waals surface area contributed by atoms with Gasteiger partial charge in [-0.05, 0) is 81.7 Å². The average molecular weight is 396 g/mol. The molecule has 0 aliphatic carbocycles. The summed E-state index contributed by atoms with van der Waals surface area (Å²) in [5.41, 5.74) is 1.87. The Morgan fingerprint density at radius 2 is 1.79 bits per heavy atom. The monoisotopic (exact) mass is 396 g/mol. The van der Waals surface area contributed by atoms with Crippen molar-refractivity contribution in [3.05, 3.63) is 54.1 Å². The van der Waals surface area contributed by atoms with E-state index in [9.17, 15) is 9.59 Å². The van der Waals surface area contributed by atoms with E-state index >= 15 is 0 Å². The zero-order valence-corrected chi connectivity index (χ0v) is 17.0. The van der Waals surface area contributed by atoms with E-state index in [-0.39, 0.29) is 17.8 Å². The Hall–Kier alpha value is -2.86. The van der Waals surface area contributed by atoms with Crippen LogP contribution in [0.25, 0.3) is 0 Å². The molecular formula is C23H28N2O4. The van der Waals surface area contributed by atoms with Crippen LogP contribution < -0.4 is 10.1 Å². The van der Waals surface area contributed by atoms with Gasteiger partial charge in [-0.25, -0.2) is 0 Å². The van der Waals surface area contributed by atoms with Gasteiger partial charge in [0, 0.05) is 5.69 Å². The highest BCUT2D eigenvalue weighted by molar-refractivity contribution is 5.92. The van der Waals surface area contributed by atoms with Crippen molar-refractivity contribution in [2.45, 2.75) is 26.7 Å². The molecule has 0 bridgehead atoms. The maximum atomic E-state index is 12.3. The maximum Gasteiger partial charge on any atom is 0.309 e. The summed E-state index contributed by atoms with van der Waals surface area (Å²) in [6.07, 6.45) is 1.47. The molecule has 1 aliphatic heterocycles. The Labute approximate surface area is 171 Å². The van der Waals surface area contributed by atoms with Crippen LogP contribution in [-0.2, 0) is 14.3 Å². The van der Waals surface area contributed by atoms with Crippen LogP contribution in [0.4, 0.5) is 5.69 Å². The second-order valence-electron chi connectivity index (χ2n) is 7.29. The van der Waals surface area contributed by atoms with E-state index in [1.807, 2.05) is 62.4 Å². The summed E-state index contributed by atoms with van der Waals surface area (Å²) in [4.78, 5) is 26.2. The molecule has 1 N–H and O–H groups in total. The molecule has 6 heteroatoms. The van der Waals surface area contributed by atoms with Gasteiger partial charge in [-0.2, -0.15) is 0 Å². The summed E-state index contributed by atoms with van der Waals surface area (Å²) in [7, 11) is 0. The van der Waals surface area contributed by atoms with E-state index in [1.165, 1.54) is 0 Å². The summed E-state index contributed by atoms with van der Waals surface area (Å²) in [6, 6.07) is 15.2. The lowest BCUT2D eigenvalue weighted by Gasteiger charge is -2.30. The number of piperidine rings is 1. The molecule has 29 heavy (non-hydrogen) atoms. The second kappa shape index (κ2) is 10.1. The summed E-state index contributed by atoms with van der Waals surface area (Å²) in [5, 5.41) is 2.92. The first kappa shape index (κ1) is 20.9. The van der Waals surface area contributed by atoms with Gasteiger partial charge in [0.05, 0.1) is 19.1 Å². The highest BCUT2D eigenvalue weighted by Gasteiger charge is 2.26. The van der Waals surface area contributed by atoms with Gasteiger partial charge < -0.3 is 14.8 Å². The number of likely N-dealkylation sites (tertiary alicyclic amines) is 1. The number of anilines is 1. The van der Waals surface area contributed by atoms with Gasteiger partial charge in [-0.1, -0.05) is 12.1 Å². The minimum absolute atomic E-state index is 0.0461. The molecule has 0 radical (unpaired) electrons. The van der Waals surface area contributed by atoms with E-state index in [2.05, 4.69) is 10.2 Å². The third-order valence-corrected chi connectivity index (χ3v) is 4.94. The molecule has 2 aromatic rings. The molecule has 0 unspecified atom stereocenters. The van der Waals surface area contributed by atoms with Crippen molar-refractivity contribution in [1.29, 1.82) is 0 Å². The Bertz CT molecular complexity index is 827. The van der Waals surface area contributed by atoms with Gasteiger partial charge in [-0.15, -0.1) is 0 Å². The summed E-state index contributed by atoms with van der Waals surface area (Å²) in [5.74, 6) is 1.27. The van der Waals surface area contributed by atoms with Crippen LogP contribution in [0.2, 0.25) is 0 Å². The standard InChI is InChI=1S/C23H28N2O4/c1-3-28-23(27)18-11-13-25(14-12-18)16-22(26)24-19-7-9-20(10-8-19)29-21-6-4-5-17(2)15-21/h4-10,15,18H,3,11-14,16H2,1-2H3,(H,24,26). The first-order chi connectivity index (χ1) is 14.0. The van der Waals surface area contributed by atoms with E-state index in [0.29, 0.717) is 13.2 Å². The number of carbonyl (C=O) groups excluding carboxylic acids is 2. The number of carbonyl (C=O) groups is 2. The smallest absolute Gasteiger partial charge is 0.309 e. The molecule has 1 fully saturated rings. The SMILES string of the molecule is CCOC(=O)C1CCN(CC(=O)Nc2ccc(Oc3cccc(C)c3)cc2)CC1. The lowest BCUT2D eigenvalue weighted by molar-refractivity contribution is -0.149. The number of amides is 1. The van der Waals surface area contributed by atoms with Gasteiger partial charge in [0.2, 0.25) is 5.91 Å². The number of hydrogen-bond donors (Lipinski definition) is 1. The summed E-state index contributed by atoms with van der Waals surface area (Å²) >= 11 is 0. The number of hydrogen-bond acceptors (Lipinski definition) is 5. The van der Waals surface area contributed by atoms with Crippen molar-refractivity contribution < 1.29 is 19.1 Å². The minimum atomic E-state index is -0.121. The molecule has 2 aromatic carbocycles. The highest BCUT2D eigenvalue weighted by Crippen LogP contribution is 2.24. The maximum absolute atomic E-state index is 12.3. The van der Waals surface area contributed by atoms with Gasteiger partial charge in [0.15, 0.2) is 0 Å². The molecule has 0 saturated carbocycles. The summed E-state index contributed by atoms with van der Waals surface area (Å²) < 4.78 is 10.9. The van der Waals surface area contributed by atoms with Crippen molar-refractivity contribution in [2.24, 2.45) is 5.92 Å². The van der Waals surface area contributed by atoms with Crippen LogP contribution in [0, 0.1) is 12.8 Å². The van der Waals surface area contributed by atoms with Crippen molar-refractivity contribution >= 4 is 17.6 Å². The molecule has 1 heterocycles. The largest absolute Gasteiger partial charge is 0.466 e. The molecule has 6 nitrogen and oxygen atoms in total. The fraction of sp³-hybridized carbons (Fsp3) is 0.391. The molecule has 1 amide bonds. The number of benzene rings is 2. The van der Waals surface area contributed by atoms with Crippen LogP contribution >= 0.6 is 0 Å². The lowest BCUT2D eigenvalue weighted by atomic mass is 9.97. The van der Waals surface area contributed by atoms with E-state index in [0.717, 1.165) is 48.7 Å². The fourth-order valence-corrected chi connectivity index (χ4v) is 3.41. The van der Waals surface area contributed by atoms with Crippen molar-refractivity contribution in [3.8, 4) is 11.5 Å². The molecule has 1 saturated heterocycles. The molecule has 0 aromatic heterocycles. The topological polar surface area (TPSA) is 67.9 Å². The molecule has 154 valence electrons. The lowest BCUT2D eigenvalue weighted by Crippen LogP contribution is -2.41. The molecule has 3 rings (SSSR count). The normalized spacial score (nSPS) is 15.0. The van der Waals surface area contributed by atoms with Gasteiger partial charge in [0.1, 0.15) is 11.5 Å². The predicted molar refractivity (Wildman–Crippen MR) is 112 cm³/mol. The summed E-state index contributed by atoms with van der Waals surface area (Å²) in [6.45, 7) is 6.01. The third kappa shape index (κ3) is 6.32. The second-order valence-corrected chi connectivity index (χ2v) is 7.29. The Morgan fingerprint density at radius 1 is 1.07 bits per heavy atom. The average Bonchev–Trinajstić information content (AvgIpc) is 2.70. The van der Waals surface area contributed by atoms with Gasteiger partial charge in [0.25, 0.3) is 0 Å². The Balaban J connectivity index is 1.44. The van der Waals surface area contributed by atoms with Crippen molar-refractivity contribution in [1.82, 2.24) is 4.90 Å². The van der Waals surface area contributed by atoms with Gasteiger partial charge >= 0.3 is 5.97 Å². The highest BCUT2D eigenvalue weighted by atomic mass is 16.5. The number of aryl methyl sites for hydroxylation is 1. The first-order valence-electron chi connectivity index (χ1n) is 10.1. The number of rotatable bonds is 7. The van der Waals surface area contributed by atoms with E-state index in [4.69, 9.17) is 9.47 Å². The first-order valence-corrected chi connectivity index (χ1v) is 10.1. The minimum Gasteiger partial charge on any atom is -0.466 e. The number of ether oxygens (including phenoxy) is 2. The quantitative estimate of drug-likeness (QED) is 0.717. The van der Waals surface area contributed by atoms with E-state index < -0.39 is 0 Å². The van der Waals surface area contributed by atoms with Gasteiger partial charge in [-0.3, -0.25) is 14.5 Å². The Morgan fingerprint density at radius 3 is 2.45 bits per heavy atom. The predicted octanol–water partition coefficient (Wildman–Crippen LogP) is 4.00. The van der Waals surface area contributed by atoms with Crippen LogP contribution in [0.15, 0.2) is 48.5 Å². The number of esters is 1. The molecule has 0 atom stereocenters. The number of nitrogens with one attached hydrogen (secondary N) is 1. The number of nitrogens with zero attached hydrogens (tertiary/aromatic N) is 1.